The molecule has 3 heterocycles. The minimum atomic E-state index is 0. The summed E-state index contributed by atoms with van der Waals surface area (Å²) in [6.07, 6.45) is 7.22. The molecule has 0 saturated carbocycles. The fourth-order valence-electron chi connectivity index (χ4n) is 4.19. The molecule has 5 heteroatoms. The van der Waals surface area contributed by atoms with Crippen molar-refractivity contribution in [2.24, 2.45) is 5.92 Å². The molecule has 130 valence electrons. The average molecular weight is 366 g/mol. The summed E-state index contributed by atoms with van der Waals surface area (Å²) in [6, 6.07) is 8.94. The molecule has 2 fully saturated rings. The number of aromatic nitrogens is 1. The molecule has 1 aromatic heterocycles. The van der Waals surface area contributed by atoms with Gasteiger partial charge in [0.25, 0.3) is 0 Å². The van der Waals surface area contributed by atoms with E-state index in [4.69, 9.17) is 11.6 Å². The van der Waals surface area contributed by atoms with Crippen LogP contribution in [0.25, 0.3) is 10.9 Å². The summed E-state index contributed by atoms with van der Waals surface area (Å²) >= 11 is 6.30. The highest BCUT2D eigenvalue weighted by Gasteiger charge is 2.28. The van der Waals surface area contributed by atoms with Crippen LogP contribution in [0.3, 0.4) is 0 Å². The van der Waals surface area contributed by atoms with E-state index in [2.05, 4.69) is 27.3 Å². The number of hydrogen-bond acceptors (Lipinski definition) is 3. The van der Waals surface area contributed by atoms with Crippen LogP contribution in [0.5, 0.6) is 0 Å². The Morgan fingerprint density at radius 3 is 2.75 bits per heavy atom. The van der Waals surface area contributed by atoms with Crippen LogP contribution in [0.2, 0.25) is 5.02 Å². The average Bonchev–Trinajstić information content (AvgIpc) is 3.13. The minimum Gasteiger partial charge on any atom is -0.314 e. The third-order valence-corrected chi connectivity index (χ3v) is 5.82. The SMILES string of the molecule is Cl.Clc1ccc(CN2CCC(C3CCCN3)CC2)c2ncccc12. The van der Waals surface area contributed by atoms with Crippen molar-refractivity contribution >= 4 is 34.9 Å². The Balaban J connectivity index is 0.00000169. The van der Waals surface area contributed by atoms with E-state index in [1.54, 1.807) is 0 Å². The van der Waals surface area contributed by atoms with Crippen molar-refractivity contribution in [2.45, 2.75) is 38.3 Å². The molecule has 1 atom stereocenters. The topological polar surface area (TPSA) is 28.2 Å². The quantitative estimate of drug-likeness (QED) is 0.879. The summed E-state index contributed by atoms with van der Waals surface area (Å²) in [4.78, 5) is 7.14. The first-order chi connectivity index (χ1) is 11.3. The number of benzene rings is 1. The number of rotatable bonds is 3. The molecule has 0 spiro atoms. The fraction of sp³-hybridized carbons (Fsp3) is 0.526. The second kappa shape index (κ2) is 8.01. The maximum Gasteiger partial charge on any atom is 0.0761 e. The van der Waals surface area contributed by atoms with Crippen molar-refractivity contribution in [1.82, 2.24) is 15.2 Å². The van der Waals surface area contributed by atoms with E-state index in [0.717, 1.165) is 34.4 Å². The number of nitrogens with one attached hydrogen (secondary N) is 1. The zero-order valence-corrected chi connectivity index (χ0v) is 15.5. The van der Waals surface area contributed by atoms with E-state index in [1.807, 2.05) is 18.3 Å². The van der Waals surface area contributed by atoms with Gasteiger partial charge in [-0.3, -0.25) is 9.88 Å². The number of nitrogens with zero attached hydrogens (tertiary/aromatic N) is 2. The van der Waals surface area contributed by atoms with Crippen LogP contribution in [-0.2, 0) is 6.54 Å². The van der Waals surface area contributed by atoms with Gasteiger partial charge >= 0.3 is 0 Å². The van der Waals surface area contributed by atoms with Crippen molar-refractivity contribution in [1.29, 1.82) is 0 Å². The zero-order valence-electron chi connectivity index (χ0n) is 13.9. The van der Waals surface area contributed by atoms with Crippen molar-refractivity contribution < 1.29 is 0 Å². The molecule has 0 amide bonds. The molecule has 4 rings (SSSR count). The number of likely N-dealkylation sites (tertiary alicyclic amines) is 1. The van der Waals surface area contributed by atoms with Gasteiger partial charge in [0.1, 0.15) is 0 Å². The highest BCUT2D eigenvalue weighted by Crippen LogP contribution is 2.29. The molecule has 3 nitrogen and oxygen atoms in total. The van der Waals surface area contributed by atoms with Crippen LogP contribution >= 0.6 is 24.0 Å². The number of halogens is 2. The molecule has 24 heavy (non-hydrogen) atoms. The monoisotopic (exact) mass is 365 g/mol. The minimum absolute atomic E-state index is 0. The first-order valence-electron chi connectivity index (χ1n) is 8.79. The summed E-state index contributed by atoms with van der Waals surface area (Å²) in [6.45, 7) is 4.59. The molecule has 0 aliphatic carbocycles. The Labute approximate surface area is 155 Å². The number of piperidine rings is 1. The first kappa shape index (κ1) is 17.9. The maximum absolute atomic E-state index is 6.30. The Hall–Kier alpha value is -0.870. The van der Waals surface area contributed by atoms with Crippen LogP contribution < -0.4 is 5.32 Å². The molecule has 0 bridgehead atoms. The van der Waals surface area contributed by atoms with Crippen LogP contribution in [0.1, 0.15) is 31.2 Å². The lowest BCUT2D eigenvalue weighted by molar-refractivity contribution is 0.158. The number of pyridine rings is 1. The highest BCUT2D eigenvalue weighted by atomic mass is 35.5. The smallest absolute Gasteiger partial charge is 0.0761 e. The Morgan fingerprint density at radius 1 is 1.17 bits per heavy atom. The number of fused-ring (bicyclic) bond motifs is 1. The van der Waals surface area contributed by atoms with Crippen LogP contribution in [-0.4, -0.2) is 35.6 Å². The van der Waals surface area contributed by atoms with Gasteiger partial charge in [-0.2, -0.15) is 0 Å². The van der Waals surface area contributed by atoms with Crippen molar-refractivity contribution in [3.05, 3.63) is 41.0 Å². The summed E-state index contributed by atoms with van der Waals surface area (Å²) in [5.74, 6) is 0.869. The third kappa shape index (κ3) is 3.70. The number of hydrogen-bond donors (Lipinski definition) is 1. The maximum atomic E-state index is 6.30. The van der Waals surface area contributed by atoms with E-state index in [1.165, 1.54) is 50.9 Å². The highest BCUT2D eigenvalue weighted by molar-refractivity contribution is 6.35. The lowest BCUT2D eigenvalue weighted by Crippen LogP contribution is -2.40. The van der Waals surface area contributed by atoms with E-state index in [-0.39, 0.29) is 12.4 Å². The van der Waals surface area contributed by atoms with E-state index < -0.39 is 0 Å². The van der Waals surface area contributed by atoms with Crippen LogP contribution in [0, 0.1) is 5.92 Å². The molecular weight excluding hydrogens is 341 g/mol. The van der Waals surface area contributed by atoms with Crippen molar-refractivity contribution in [2.75, 3.05) is 19.6 Å². The lowest BCUT2D eigenvalue weighted by Gasteiger charge is -2.35. The molecule has 2 aliphatic rings. The Kier molecular flexibility index (Phi) is 5.98. The molecule has 2 aliphatic heterocycles. The zero-order chi connectivity index (χ0) is 15.6. The van der Waals surface area contributed by atoms with Gasteiger partial charge in [-0.1, -0.05) is 17.7 Å². The van der Waals surface area contributed by atoms with Gasteiger partial charge in [0.05, 0.1) is 5.52 Å². The lowest BCUT2D eigenvalue weighted by atomic mass is 9.88. The summed E-state index contributed by atoms with van der Waals surface area (Å²) in [5, 5.41) is 5.54. The Morgan fingerprint density at radius 2 is 2.00 bits per heavy atom. The van der Waals surface area contributed by atoms with E-state index >= 15 is 0 Å². The molecule has 1 unspecified atom stereocenters. The van der Waals surface area contributed by atoms with Crippen molar-refractivity contribution in [3.63, 3.8) is 0 Å². The summed E-state index contributed by atoms with van der Waals surface area (Å²) in [5.41, 5.74) is 2.35. The van der Waals surface area contributed by atoms with Crippen LogP contribution in [0.4, 0.5) is 0 Å². The van der Waals surface area contributed by atoms with E-state index in [9.17, 15) is 0 Å². The van der Waals surface area contributed by atoms with Gasteiger partial charge in [0, 0.05) is 29.2 Å². The second-order valence-electron chi connectivity index (χ2n) is 6.92. The molecule has 2 aromatic rings. The van der Waals surface area contributed by atoms with Gasteiger partial charge in [-0.25, -0.2) is 0 Å². The largest absolute Gasteiger partial charge is 0.314 e. The molecule has 0 radical (unpaired) electrons. The predicted molar refractivity (Wildman–Crippen MR) is 103 cm³/mol. The normalized spacial score (nSPS) is 22.6. The van der Waals surface area contributed by atoms with Gasteiger partial charge in [-0.05, 0) is 75.0 Å². The standard InChI is InChI=1S/C19H24ClN3.ClH/c20-17-6-5-15(19-16(17)3-1-10-22-19)13-23-11-7-14(8-12-23)18-4-2-9-21-18;/h1,3,5-6,10,14,18,21H,2,4,7-9,11-13H2;1H. The van der Waals surface area contributed by atoms with Gasteiger partial charge < -0.3 is 5.32 Å². The third-order valence-electron chi connectivity index (χ3n) is 5.49. The van der Waals surface area contributed by atoms with E-state index in [0.29, 0.717) is 0 Å². The molecule has 2 saturated heterocycles. The summed E-state index contributed by atoms with van der Waals surface area (Å²) < 4.78 is 0. The van der Waals surface area contributed by atoms with Gasteiger partial charge in [0.15, 0.2) is 0 Å². The summed E-state index contributed by atoms with van der Waals surface area (Å²) in [7, 11) is 0. The molecular formula is C19H25Cl2N3. The Bertz CT molecular complexity index is 677. The fourth-order valence-corrected chi connectivity index (χ4v) is 4.41. The second-order valence-corrected chi connectivity index (χ2v) is 7.33. The molecule has 1 aromatic carbocycles. The predicted octanol–water partition coefficient (Wildman–Crippen LogP) is 4.27. The van der Waals surface area contributed by atoms with Gasteiger partial charge in [0.2, 0.25) is 0 Å². The van der Waals surface area contributed by atoms with Crippen LogP contribution in [0.15, 0.2) is 30.5 Å². The first-order valence-corrected chi connectivity index (χ1v) is 9.17. The van der Waals surface area contributed by atoms with Gasteiger partial charge in [-0.15, -0.1) is 12.4 Å². The molecule has 1 N–H and O–H groups in total. The van der Waals surface area contributed by atoms with Crippen molar-refractivity contribution in [3.8, 4) is 0 Å².